The van der Waals surface area contributed by atoms with Gasteiger partial charge in [0.15, 0.2) is 0 Å². The van der Waals surface area contributed by atoms with Gasteiger partial charge in [-0.2, -0.15) is 11.8 Å². The van der Waals surface area contributed by atoms with Gasteiger partial charge in [-0.15, -0.1) is 0 Å². The van der Waals surface area contributed by atoms with Gasteiger partial charge >= 0.3 is 0 Å². The van der Waals surface area contributed by atoms with Gasteiger partial charge in [-0.1, -0.05) is 18.2 Å². The van der Waals surface area contributed by atoms with E-state index in [1.165, 1.54) is 5.56 Å². The first-order chi connectivity index (χ1) is 11.1. The molecule has 3 nitrogen and oxygen atoms in total. The molecule has 0 radical (unpaired) electrons. The van der Waals surface area contributed by atoms with Gasteiger partial charge in [0.2, 0.25) is 0 Å². The molecule has 0 aliphatic carbocycles. The Bertz CT molecular complexity index is 714. The summed E-state index contributed by atoms with van der Waals surface area (Å²) < 4.78 is 2.18. The molecule has 0 spiro atoms. The second-order valence-electron chi connectivity index (χ2n) is 6.27. The maximum atomic E-state index is 12.7. The van der Waals surface area contributed by atoms with Crippen LogP contribution in [0.5, 0.6) is 0 Å². The van der Waals surface area contributed by atoms with E-state index in [9.17, 15) is 4.79 Å². The van der Waals surface area contributed by atoms with E-state index in [1.807, 2.05) is 36.9 Å². The maximum absolute atomic E-state index is 12.7. The number of rotatable bonds is 3. The van der Waals surface area contributed by atoms with Gasteiger partial charge in [0.05, 0.1) is 5.56 Å². The van der Waals surface area contributed by atoms with Gasteiger partial charge in [0, 0.05) is 23.1 Å². The monoisotopic (exact) mass is 328 g/mol. The number of amides is 1. The lowest BCUT2D eigenvalue weighted by atomic mass is 10.1. The molecule has 0 saturated carbocycles. The van der Waals surface area contributed by atoms with E-state index in [0.717, 1.165) is 47.0 Å². The quantitative estimate of drug-likeness (QED) is 0.923. The van der Waals surface area contributed by atoms with Crippen LogP contribution in [0.2, 0.25) is 0 Å². The number of nitrogens with one attached hydrogen (secondary N) is 1. The Morgan fingerprint density at radius 3 is 2.57 bits per heavy atom. The van der Waals surface area contributed by atoms with Crippen LogP contribution in [0, 0.1) is 20.8 Å². The van der Waals surface area contributed by atoms with Crippen LogP contribution in [0.4, 0.5) is 0 Å². The van der Waals surface area contributed by atoms with Crippen LogP contribution in [-0.4, -0.2) is 28.0 Å². The number of aromatic nitrogens is 1. The van der Waals surface area contributed by atoms with Crippen LogP contribution < -0.4 is 5.32 Å². The zero-order valence-corrected chi connectivity index (χ0v) is 14.9. The number of benzene rings is 1. The molecule has 0 atom stereocenters. The Morgan fingerprint density at radius 2 is 1.87 bits per heavy atom. The zero-order valence-electron chi connectivity index (χ0n) is 14.1. The second kappa shape index (κ2) is 6.83. The minimum absolute atomic E-state index is 0.0647. The number of carbonyl (C=O) groups is 1. The summed E-state index contributed by atoms with van der Waals surface area (Å²) in [6, 6.07) is 10.6. The molecule has 1 aliphatic heterocycles. The summed E-state index contributed by atoms with van der Waals surface area (Å²) in [6.45, 7) is 6.20. The van der Waals surface area contributed by atoms with E-state index >= 15 is 0 Å². The SMILES string of the molecule is Cc1ccccc1-n1c(C)cc(C(=O)NC2CCSCC2)c1C. The van der Waals surface area contributed by atoms with Crippen LogP contribution in [-0.2, 0) is 0 Å². The van der Waals surface area contributed by atoms with Gasteiger partial charge in [0.25, 0.3) is 5.91 Å². The number of aryl methyl sites for hydroxylation is 2. The molecule has 122 valence electrons. The van der Waals surface area contributed by atoms with Crippen molar-refractivity contribution in [1.29, 1.82) is 0 Å². The van der Waals surface area contributed by atoms with E-state index in [-0.39, 0.29) is 5.91 Å². The van der Waals surface area contributed by atoms with Crippen molar-refractivity contribution >= 4 is 17.7 Å². The largest absolute Gasteiger partial charge is 0.349 e. The first-order valence-electron chi connectivity index (χ1n) is 8.21. The molecule has 23 heavy (non-hydrogen) atoms. The highest BCUT2D eigenvalue weighted by Gasteiger charge is 2.21. The van der Waals surface area contributed by atoms with E-state index in [0.29, 0.717) is 6.04 Å². The normalized spacial score (nSPS) is 15.6. The Morgan fingerprint density at radius 1 is 1.17 bits per heavy atom. The van der Waals surface area contributed by atoms with Gasteiger partial charge < -0.3 is 9.88 Å². The minimum atomic E-state index is 0.0647. The first kappa shape index (κ1) is 16.2. The van der Waals surface area contributed by atoms with Crippen molar-refractivity contribution in [1.82, 2.24) is 9.88 Å². The summed E-state index contributed by atoms with van der Waals surface area (Å²) in [5.74, 6) is 2.36. The molecule has 1 aromatic heterocycles. The molecule has 1 saturated heterocycles. The summed E-state index contributed by atoms with van der Waals surface area (Å²) >= 11 is 1.97. The van der Waals surface area contributed by atoms with Crippen LogP contribution in [0.25, 0.3) is 5.69 Å². The zero-order chi connectivity index (χ0) is 16.4. The van der Waals surface area contributed by atoms with E-state index < -0.39 is 0 Å². The molecule has 0 bridgehead atoms. The molecule has 3 rings (SSSR count). The van der Waals surface area contributed by atoms with E-state index in [4.69, 9.17) is 0 Å². The summed E-state index contributed by atoms with van der Waals surface area (Å²) in [4.78, 5) is 12.7. The van der Waals surface area contributed by atoms with Crippen molar-refractivity contribution < 1.29 is 4.79 Å². The Balaban J connectivity index is 1.88. The van der Waals surface area contributed by atoms with E-state index in [1.54, 1.807) is 0 Å². The van der Waals surface area contributed by atoms with E-state index in [2.05, 4.69) is 35.9 Å². The van der Waals surface area contributed by atoms with Crippen LogP contribution >= 0.6 is 11.8 Å². The molecule has 1 N–H and O–H groups in total. The third-order valence-electron chi connectivity index (χ3n) is 4.59. The predicted molar refractivity (Wildman–Crippen MR) is 97.8 cm³/mol. The average Bonchev–Trinajstić information content (AvgIpc) is 2.84. The molecule has 1 amide bonds. The van der Waals surface area contributed by atoms with Gasteiger partial charge in [-0.25, -0.2) is 0 Å². The van der Waals surface area contributed by atoms with Crippen molar-refractivity contribution in [3.8, 4) is 5.69 Å². The molecule has 4 heteroatoms. The molecule has 1 fully saturated rings. The minimum Gasteiger partial charge on any atom is -0.349 e. The number of hydrogen-bond acceptors (Lipinski definition) is 2. The molecule has 0 unspecified atom stereocenters. The van der Waals surface area contributed by atoms with Gasteiger partial charge in [-0.05, 0) is 62.8 Å². The summed E-state index contributed by atoms with van der Waals surface area (Å²) in [5.41, 5.74) is 5.27. The standard InChI is InChI=1S/C19H24N2OS/c1-13-6-4-5-7-18(13)21-14(2)12-17(15(21)3)19(22)20-16-8-10-23-11-9-16/h4-7,12,16H,8-11H2,1-3H3,(H,20,22). The third-order valence-corrected chi connectivity index (χ3v) is 5.64. The van der Waals surface area contributed by atoms with Crippen molar-refractivity contribution in [3.63, 3.8) is 0 Å². The highest BCUT2D eigenvalue weighted by Crippen LogP contribution is 2.24. The number of hydrogen-bond donors (Lipinski definition) is 1. The van der Waals surface area contributed by atoms with Crippen molar-refractivity contribution in [3.05, 3.63) is 52.8 Å². The smallest absolute Gasteiger partial charge is 0.253 e. The molecular formula is C19H24N2OS. The highest BCUT2D eigenvalue weighted by atomic mass is 32.2. The fraction of sp³-hybridized carbons (Fsp3) is 0.421. The fourth-order valence-corrected chi connectivity index (χ4v) is 4.39. The third kappa shape index (κ3) is 3.32. The van der Waals surface area contributed by atoms with Crippen molar-refractivity contribution in [2.24, 2.45) is 0 Å². The summed E-state index contributed by atoms with van der Waals surface area (Å²) in [5, 5.41) is 3.22. The Hall–Kier alpha value is -1.68. The van der Waals surface area contributed by atoms with Crippen LogP contribution in [0.3, 0.4) is 0 Å². The average molecular weight is 328 g/mol. The molecule has 2 aromatic rings. The molecular weight excluding hydrogens is 304 g/mol. The van der Waals surface area contributed by atoms with Crippen molar-refractivity contribution in [2.45, 2.75) is 39.7 Å². The van der Waals surface area contributed by atoms with Gasteiger partial charge in [-0.3, -0.25) is 4.79 Å². The topological polar surface area (TPSA) is 34.0 Å². The lowest BCUT2D eigenvalue weighted by Gasteiger charge is -2.22. The second-order valence-corrected chi connectivity index (χ2v) is 7.49. The lowest BCUT2D eigenvalue weighted by molar-refractivity contribution is 0.0934. The van der Waals surface area contributed by atoms with Gasteiger partial charge in [0.1, 0.15) is 0 Å². The predicted octanol–water partition coefficient (Wildman–Crippen LogP) is 4.03. The fourth-order valence-electron chi connectivity index (χ4n) is 3.28. The Kier molecular flexibility index (Phi) is 4.81. The maximum Gasteiger partial charge on any atom is 0.253 e. The highest BCUT2D eigenvalue weighted by molar-refractivity contribution is 7.99. The van der Waals surface area contributed by atoms with Crippen LogP contribution in [0.15, 0.2) is 30.3 Å². The van der Waals surface area contributed by atoms with Crippen molar-refractivity contribution in [2.75, 3.05) is 11.5 Å². The molecule has 2 heterocycles. The summed E-state index contributed by atoms with van der Waals surface area (Å²) in [7, 11) is 0. The van der Waals surface area contributed by atoms with Crippen LogP contribution in [0.1, 0.15) is 40.2 Å². The summed E-state index contributed by atoms with van der Waals surface area (Å²) in [6.07, 6.45) is 2.15. The lowest BCUT2D eigenvalue weighted by Crippen LogP contribution is -2.37. The molecule has 1 aliphatic rings. The first-order valence-corrected chi connectivity index (χ1v) is 9.37. The number of thioether (sulfide) groups is 1. The number of carbonyl (C=O) groups excluding carboxylic acids is 1. The number of nitrogens with zero attached hydrogens (tertiary/aromatic N) is 1. The molecule has 1 aromatic carbocycles. The number of para-hydroxylation sites is 1. The Labute approximate surface area is 142 Å².